The van der Waals surface area contributed by atoms with Crippen molar-refractivity contribution in [2.24, 2.45) is 0 Å². The summed E-state index contributed by atoms with van der Waals surface area (Å²) in [6, 6.07) is 17.0. The predicted octanol–water partition coefficient (Wildman–Crippen LogP) is 5.35. The minimum absolute atomic E-state index is 0.146. The van der Waals surface area contributed by atoms with Crippen molar-refractivity contribution < 1.29 is 23.8 Å². The molecule has 0 fully saturated rings. The second-order valence-corrected chi connectivity index (χ2v) is 8.96. The number of hydrogen-bond acceptors (Lipinski definition) is 5. The highest BCUT2D eigenvalue weighted by molar-refractivity contribution is 5.87. The molecule has 0 saturated carbocycles. The van der Waals surface area contributed by atoms with Crippen LogP contribution >= 0.6 is 0 Å². The van der Waals surface area contributed by atoms with Gasteiger partial charge in [0.05, 0.1) is 19.8 Å². The third-order valence-corrected chi connectivity index (χ3v) is 5.67. The molecule has 0 spiro atoms. The Morgan fingerprint density at radius 3 is 1.53 bits per heavy atom. The highest BCUT2D eigenvalue weighted by Crippen LogP contribution is 2.31. The van der Waals surface area contributed by atoms with Crippen molar-refractivity contribution in [1.82, 2.24) is 0 Å². The maximum absolute atomic E-state index is 11.5. The van der Waals surface area contributed by atoms with Crippen LogP contribution in [-0.4, -0.2) is 38.4 Å². The fourth-order valence-corrected chi connectivity index (χ4v) is 3.34. The molecule has 0 saturated heterocycles. The minimum Gasteiger partial charge on any atom is -0.462 e. The molecule has 182 valence electrons. The first-order chi connectivity index (χ1) is 16.1. The summed E-state index contributed by atoms with van der Waals surface area (Å²) in [6.45, 7) is 16.3. The Morgan fingerprint density at radius 1 is 0.676 bits per heavy atom. The van der Waals surface area contributed by atoms with E-state index >= 15 is 0 Å². The molecule has 0 aromatic heterocycles. The second-order valence-electron chi connectivity index (χ2n) is 8.96. The van der Waals surface area contributed by atoms with E-state index in [1.54, 1.807) is 13.8 Å². The summed E-state index contributed by atoms with van der Waals surface area (Å²) < 4.78 is 15.7. The van der Waals surface area contributed by atoms with Crippen LogP contribution in [0.3, 0.4) is 0 Å². The van der Waals surface area contributed by atoms with E-state index in [1.165, 1.54) is 16.7 Å². The van der Waals surface area contributed by atoms with E-state index in [4.69, 9.17) is 14.2 Å². The zero-order valence-electron chi connectivity index (χ0n) is 20.8. The first-order valence-electron chi connectivity index (χ1n) is 11.5. The molecule has 0 heterocycles. The SMILES string of the molecule is C=C(C)C(=O)OCCOCCc1ccc(C(C)(C)c2ccc(CCOC(=O)C(=C)C)cc2)cc1. The highest BCUT2D eigenvalue weighted by Gasteiger charge is 2.23. The second kappa shape index (κ2) is 12.9. The van der Waals surface area contributed by atoms with Crippen LogP contribution in [0.4, 0.5) is 0 Å². The molecule has 0 amide bonds. The Balaban J connectivity index is 1.83. The van der Waals surface area contributed by atoms with Gasteiger partial charge in [0.2, 0.25) is 0 Å². The average Bonchev–Trinajstić information content (AvgIpc) is 2.81. The molecule has 5 heteroatoms. The molecule has 0 atom stereocenters. The predicted molar refractivity (Wildman–Crippen MR) is 135 cm³/mol. The molecule has 2 aromatic rings. The van der Waals surface area contributed by atoms with E-state index in [0.29, 0.717) is 37.4 Å². The molecule has 0 bridgehead atoms. The Labute approximate surface area is 203 Å². The van der Waals surface area contributed by atoms with Crippen LogP contribution in [0.5, 0.6) is 0 Å². The number of hydrogen-bond donors (Lipinski definition) is 0. The van der Waals surface area contributed by atoms with E-state index in [9.17, 15) is 9.59 Å². The van der Waals surface area contributed by atoms with Gasteiger partial charge in [0.1, 0.15) is 6.61 Å². The van der Waals surface area contributed by atoms with Gasteiger partial charge in [-0.1, -0.05) is 75.5 Å². The Kier molecular flexibility index (Phi) is 10.3. The van der Waals surface area contributed by atoms with Crippen LogP contribution < -0.4 is 0 Å². The summed E-state index contributed by atoms with van der Waals surface area (Å²) in [5.41, 5.74) is 5.42. The molecule has 34 heavy (non-hydrogen) atoms. The topological polar surface area (TPSA) is 61.8 Å². The molecule has 0 radical (unpaired) electrons. The lowest BCUT2D eigenvalue weighted by Gasteiger charge is -2.26. The van der Waals surface area contributed by atoms with Crippen LogP contribution in [0.1, 0.15) is 49.9 Å². The van der Waals surface area contributed by atoms with Crippen LogP contribution in [0.25, 0.3) is 0 Å². The monoisotopic (exact) mass is 464 g/mol. The minimum atomic E-state index is -0.388. The zero-order chi connectivity index (χ0) is 25.1. The van der Waals surface area contributed by atoms with Crippen molar-refractivity contribution in [3.8, 4) is 0 Å². The lowest BCUT2D eigenvalue weighted by molar-refractivity contribution is -0.140. The summed E-state index contributed by atoms with van der Waals surface area (Å²) in [7, 11) is 0. The quantitative estimate of drug-likeness (QED) is 0.227. The van der Waals surface area contributed by atoms with Crippen molar-refractivity contribution in [2.45, 2.75) is 46.0 Å². The summed E-state index contributed by atoms with van der Waals surface area (Å²) in [6.07, 6.45) is 1.46. The summed E-state index contributed by atoms with van der Waals surface area (Å²) in [4.78, 5) is 22.8. The standard InChI is InChI=1S/C29H36O5/c1-21(2)27(30)33-18-16-24-9-13-26(14-10-24)29(5,6)25-11-7-23(8-12-25)15-17-32-19-20-34-28(31)22(3)4/h7-14H,1,3,15-20H2,2,4-6H3. The number of ether oxygens (including phenoxy) is 3. The molecular weight excluding hydrogens is 428 g/mol. The number of rotatable bonds is 13. The van der Waals surface area contributed by atoms with Crippen molar-refractivity contribution in [1.29, 1.82) is 0 Å². The van der Waals surface area contributed by atoms with Gasteiger partial charge >= 0.3 is 11.9 Å². The lowest BCUT2D eigenvalue weighted by atomic mass is 9.77. The molecule has 0 unspecified atom stereocenters. The molecule has 5 nitrogen and oxygen atoms in total. The maximum atomic E-state index is 11.5. The van der Waals surface area contributed by atoms with Gasteiger partial charge in [-0.15, -0.1) is 0 Å². The van der Waals surface area contributed by atoms with Gasteiger partial charge in [0.15, 0.2) is 0 Å². The van der Waals surface area contributed by atoms with Gasteiger partial charge in [0, 0.05) is 23.0 Å². The number of esters is 2. The molecular formula is C29H36O5. The van der Waals surface area contributed by atoms with E-state index < -0.39 is 0 Å². The van der Waals surface area contributed by atoms with Gasteiger partial charge in [0.25, 0.3) is 0 Å². The van der Waals surface area contributed by atoms with E-state index in [2.05, 4.69) is 75.5 Å². The third-order valence-electron chi connectivity index (χ3n) is 5.67. The first kappa shape index (κ1) is 27.1. The third kappa shape index (κ3) is 8.31. The largest absolute Gasteiger partial charge is 0.462 e. The van der Waals surface area contributed by atoms with Crippen molar-refractivity contribution in [3.63, 3.8) is 0 Å². The van der Waals surface area contributed by atoms with Crippen LogP contribution in [-0.2, 0) is 42.1 Å². The Hall–Kier alpha value is -3.18. The molecule has 0 aliphatic rings. The van der Waals surface area contributed by atoms with E-state index in [0.717, 1.165) is 12.0 Å². The summed E-state index contributed by atoms with van der Waals surface area (Å²) in [5.74, 6) is -0.739. The molecule has 0 N–H and O–H groups in total. The Morgan fingerprint density at radius 2 is 1.09 bits per heavy atom. The van der Waals surface area contributed by atoms with Gasteiger partial charge in [-0.2, -0.15) is 0 Å². The summed E-state index contributed by atoms with van der Waals surface area (Å²) in [5, 5.41) is 0. The summed E-state index contributed by atoms with van der Waals surface area (Å²) >= 11 is 0. The number of benzene rings is 2. The van der Waals surface area contributed by atoms with Crippen LogP contribution in [0.2, 0.25) is 0 Å². The van der Waals surface area contributed by atoms with Gasteiger partial charge in [-0.25, -0.2) is 9.59 Å². The van der Waals surface area contributed by atoms with Crippen molar-refractivity contribution in [2.75, 3.05) is 26.4 Å². The van der Waals surface area contributed by atoms with E-state index in [1.807, 2.05) is 0 Å². The van der Waals surface area contributed by atoms with Gasteiger partial charge in [-0.05, 0) is 42.5 Å². The molecule has 2 aromatic carbocycles. The molecule has 0 aliphatic heterocycles. The normalized spacial score (nSPS) is 11.1. The van der Waals surface area contributed by atoms with Crippen molar-refractivity contribution in [3.05, 3.63) is 95.1 Å². The number of carbonyl (C=O) groups is 2. The van der Waals surface area contributed by atoms with Gasteiger partial charge in [-0.3, -0.25) is 0 Å². The van der Waals surface area contributed by atoms with Crippen LogP contribution in [0, 0.1) is 0 Å². The van der Waals surface area contributed by atoms with Crippen LogP contribution in [0.15, 0.2) is 72.8 Å². The van der Waals surface area contributed by atoms with E-state index in [-0.39, 0.29) is 24.0 Å². The Bertz CT molecular complexity index is 984. The maximum Gasteiger partial charge on any atom is 0.333 e. The van der Waals surface area contributed by atoms with Gasteiger partial charge < -0.3 is 14.2 Å². The smallest absolute Gasteiger partial charge is 0.333 e. The number of carbonyl (C=O) groups excluding carboxylic acids is 2. The fourth-order valence-electron chi connectivity index (χ4n) is 3.34. The zero-order valence-corrected chi connectivity index (χ0v) is 20.8. The molecule has 2 rings (SSSR count). The fraction of sp³-hybridized carbons (Fsp3) is 0.379. The van der Waals surface area contributed by atoms with Crippen molar-refractivity contribution >= 4 is 11.9 Å². The first-order valence-corrected chi connectivity index (χ1v) is 11.5. The average molecular weight is 465 g/mol. The highest BCUT2D eigenvalue weighted by atomic mass is 16.6. The lowest BCUT2D eigenvalue weighted by Crippen LogP contribution is -2.19. The molecule has 0 aliphatic carbocycles.